The molecule has 2 aromatic heterocycles. The van der Waals surface area contributed by atoms with E-state index in [1.54, 1.807) is 25.3 Å². The first kappa shape index (κ1) is 12.8. The molecule has 0 unspecified atom stereocenters. The number of carbonyl (C=O) groups is 1. The van der Waals surface area contributed by atoms with Crippen LogP contribution in [0, 0.1) is 6.92 Å². The van der Waals surface area contributed by atoms with Gasteiger partial charge in [0.25, 0.3) is 0 Å². The smallest absolute Gasteiger partial charge is 0.356 e. The number of hydrogen-bond acceptors (Lipinski definition) is 4. The molecule has 0 amide bonds. The second-order valence-electron chi connectivity index (χ2n) is 2.97. The number of aryl methyl sites for hydroxylation is 1. The fourth-order valence-corrected chi connectivity index (χ4v) is 1.23. The fourth-order valence-electron chi connectivity index (χ4n) is 1.23. The van der Waals surface area contributed by atoms with Crippen LogP contribution in [0.1, 0.15) is 16.2 Å². The average Bonchev–Trinajstić information content (AvgIpc) is 2.70. The van der Waals surface area contributed by atoms with Crippen molar-refractivity contribution in [2.24, 2.45) is 0 Å². The molecule has 0 atom stereocenters. The Labute approximate surface area is 114 Å². The van der Waals surface area contributed by atoms with Gasteiger partial charge in [0.1, 0.15) is 0 Å². The van der Waals surface area contributed by atoms with E-state index in [2.05, 4.69) is 15.3 Å². The Morgan fingerprint density at radius 2 is 2.19 bits per heavy atom. The van der Waals surface area contributed by atoms with Gasteiger partial charge in [-0.25, -0.2) is 14.5 Å². The number of carboxylic acid groups (broad SMARTS) is 1. The van der Waals surface area contributed by atoms with Crippen molar-refractivity contribution < 1.29 is 9.90 Å². The second-order valence-corrected chi connectivity index (χ2v) is 2.97. The fraction of sp³-hybridized carbons (Fsp3) is 0.111. The third-order valence-corrected chi connectivity index (χ3v) is 1.89. The van der Waals surface area contributed by atoms with Crippen molar-refractivity contribution in [1.82, 2.24) is 20.0 Å². The van der Waals surface area contributed by atoms with Gasteiger partial charge in [-0.3, -0.25) is 0 Å². The van der Waals surface area contributed by atoms with E-state index in [1.165, 1.54) is 10.9 Å². The minimum Gasteiger partial charge on any atom is -0.476 e. The molecule has 0 aliphatic heterocycles. The third kappa shape index (κ3) is 2.46. The van der Waals surface area contributed by atoms with Crippen LogP contribution in [0.3, 0.4) is 0 Å². The molecule has 16 heavy (non-hydrogen) atoms. The molecule has 77 valence electrons. The normalized spacial score (nSPS) is 9.56. The van der Waals surface area contributed by atoms with Crippen molar-refractivity contribution in [3.05, 3.63) is 35.9 Å². The van der Waals surface area contributed by atoms with Crippen LogP contribution in [0.15, 0.2) is 24.5 Å². The summed E-state index contributed by atoms with van der Waals surface area (Å²) in [5.41, 5.74) is 1.03. The van der Waals surface area contributed by atoms with Crippen molar-refractivity contribution in [2.45, 2.75) is 6.92 Å². The van der Waals surface area contributed by atoms with E-state index in [0.29, 0.717) is 11.4 Å². The number of rotatable bonds is 2. The number of nitrogens with zero attached hydrogens (tertiary/aromatic N) is 4. The minimum atomic E-state index is -1.08. The molecular weight excluding hydrogens is 219 g/mol. The predicted octanol–water partition coefficient (Wildman–Crippen LogP) is 0.288. The zero-order valence-corrected chi connectivity index (χ0v) is 11.0. The average molecular weight is 227 g/mol. The monoisotopic (exact) mass is 227 g/mol. The zero-order valence-electron chi connectivity index (χ0n) is 8.95. The Kier molecular flexibility index (Phi) is 4.17. The summed E-state index contributed by atoms with van der Waals surface area (Å²) < 4.78 is 1.37. The maximum atomic E-state index is 10.9. The van der Waals surface area contributed by atoms with E-state index in [0.717, 1.165) is 0 Å². The van der Waals surface area contributed by atoms with E-state index < -0.39 is 5.97 Å². The van der Waals surface area contributed by atoms with Gasteiger partial charge in [0.2, 0.25) is 0 Å². The van der Waals surface area contributed by atoms with Gasteiger partial charge in [-0.05, 0) is 19.1 Å². The van der Waals surface area contributed by atoms with Crippen LogP contribution in [0.25, 0.3) is 5.69 Å². The van der Waals surface area contributed by atoms with E-state index >= 15 is 0 Å². The first-order valence-electron chi connectivity index (χ1n) is 4.26. The molecule has 6 nitrogen and oxygen atoms in total. The van der Waals surface area contributed by atoms with Gasteiger partial charge in [0.15, 0.2) is 5.69 Å². The first-order valence-corrected chi connectivity index (χ1v) is 4.26. The first-order chi connectivity index (χ1) is 7.18. The summed E-state index contributed by atoms with van der Waals surface area (Å²) in [6, 6.07) is 3.38. The van der Waals surface area contributed by atoms with Gasteiger partial charge < -0.3 is 5.11 Å². The molecule has 0 aromatic carbocycles. The molecule has 0 aliphatic rings. The SMILES string of the molecule is Cc1ccc(-n2ccnn2)c(C(=O)O)n1.[Na]. The van der Waals surface area contributed by atoms with Crippen LogP contribution in [0.5, 0.6) is 0 Å². The standard InChI is InChI=1S/C9H8N4O2.Na/c1-6-2-3-7(8(11-6)9(14)15)13-5-4-10-12-13;/h2-5H,1H3,(H,14,15);. The molecule has 0 saturated carbocycles. The van der Waals surface area contributed by atoms with Crippen LogP contribution in [0.2, 0.25) is 0 Å². The summed E-state index contributed by atoms with van der Waals surface area (Å²) in [7, 11) is 0. The van der Waals surface area contributed by atoms with E-state index in [-0.39, 0.29) is 35.3 Å². The van der Waals surface area contributed by atoms with Gasteiger partial charge in [-0.15, -0.1) is 5.10 Å². The molecule has 2 aromatic rings. The molecule has 0 bridgehead atoms. The summed E-state index contributed by atoms with van der Waals surface area (Å²) in [5.74, 6) is -1.08. The van der Waals surface area contributed by atoms with Crippen LogP contribution < -0.4 is 0 Å². The van der Waals surface area contributed by atoms with Crippen molar-refractivity contribution in [2.75, 3.05) is 0 Å². The Balaban J connectivity index is 0.00000128. The number of aromatic nitrogens is 4. The second kappa shape index (κ2) is 5.20. The summed E-state index contributed by atoms with van der Waals surface area (Å²) >= 11 is 0. The topological polar surface area (TPSA) is 80.9 Å². The maximum absolute atomic E-state index is 10.9. The van der Waals surface area contributed by atoms with Crippen LogP contribution in [-0.4, -0.2) is 60.6 Å². The largest absolute Gasteiger partial charge is 0.476 e. The molecule has 0 fully saturated rings. The van der Waals surface area contributed by atoms with Gasteiger partial charge in [-0.2, -0.15) is 0 Å². The molecule has 2 heterocycles. The summed E-state index contributed by atoms with van der Waals surface area (Å²) in [6.45, 7) is 1.73. The van der Waals surface area contributed by atoms with Crippen molar-refractivity contribution in [3.63, 3.8) is 0 Å². The molecular formula is C9H8N4NaO2. The van der Waals surface area contributed by atoms with Gasteiger partial charge in [0.05, 0.1) is 18.1 Å². The summed E-state index contributed by atoms with van der Waals surface area (Å²) in [4.78, 5) is 14.9. The molecule has 2 rings (SSSR count). The third-order valence-electron chi connectivity index (χ3n) is 1.89. The van der Waals surface area contributed by atoms with E-state index in [1.807, 2.05) is 0 Å². The molecule has 0 spiro atoms. The van der Waals surface area contributed by atoms with Gasteiger partial charge >= 0.3 is 5.97 Å². The number of carboxylic acids is 1. The summed E-state index contributed by atoms with van der Waals surface area (Å²) in [5, 5.41) is 16.3. The van der Waals surface area contributed by atoms with Crippen LogP contribution >= 0.6 is 0 Å². The maximum Gasteiger partial charge on any atom is 0.356 e. The van der Waals surface area contributed by atoms with Crippen molar-refractivity contribution in [3.8, 4) is 5.69 Å². The molecule has 0 saturated heterocycles. The molecule has 0 aliphatic carbocycles. The zero-order chi connectivity index (χ0) is 10.8. The number of pyridine rings is 1. The Hall–Kier alpha value is -1.24. The van der Waals surface area contributed by atoms with Crippen LogP contribution in [0.4, 0.5) is 0 Å². The molecule has 7 heteroatoms. The predicted molar refractivity (Wildman–Crippen MR) is 56.6 cm³/mol. The van der Waals surface area contributed by atoms with Gasteiger partial charge in [-0.1, -0.05) is 5.21 Å². The number of aromatic carboxylic acids is 1. The van der Waals surface area contributed by atoms with Crippen LogP contribution in [-0.2, 0) is 0 Å². The Bertz CT molecular complexity index is 498. The van der Waals surface area contributed by atoms with E-state index in [4.69, 9.17) is 5.11 Å². The van der Waals surface area contributed by atoms with Gasteiger partial charge in [0, 0.05) is 35.3 Å². The molecule has 1 N–H and O–H groups in total. The summed E-state index contributed by atoms with van der Waals surface area (Å²) in [6.07, 6.45) is 3.05. The number of hydrogen-bond donors (Lipinski definition) is 1. The van der Waals surface area contributed by atoms with Crippen molar-refractivity contribution >= 4 is 35.5 Å². The Morgan fingerprint density at radius 1 is 1.44 bits per heavy atom. The molecule has 1 radical (unpaired) electrons. The minimum absolute atomic E-state index is 0. The Morgan fingerprint density at radius 3 is 2.75 bits per heavy atom. The quantitative estimate of drug-likeness (QED) is 0.745. The van der Waals surface area contributed by atoms with Crippen molar-refractivity contribution in [1.29, 1.82) is 0 Å². The van der Waals surface area contributed by atoms with E-state index in [9.17, 15) is 4.79 Å².